The van der Waals surface area contributed by atoms with Crippen LogP contribution in [-0.2, 0) is 11.2 Å². The topological polar surface area (TPSA) is 56.8 Å². The highest BCUT2D eigenvalue weighted by molar-refractivity contribution is 7.14. The number of thiazole rings is 1. The van der Waals surface area contributed by atoms with Crippen molar-refractivity contribution in [1.29, 1.82) is 0 Å². The Labute approximate surface area is 146 Å². The summed E-state index contributed by atoms with van der Waals surface area (Å²) in [4.78, 5) is 36.9. The molecule has 0 spiro atoms. The van der Waals surface area contributed by atoms with Crippen LogP contribution in [0, 0.1) is 5.92 Å². The van der Waals surface area contributed by atoms with Gasteiger partial charge in [-0.25, -0.2) is 4.98 Å². The smallest absolute Gasteiger partial charge is 0.282 e. The zero-order chi connectivity index (χ0) is 16.8. The number of rotatable bonds is 3. The van der Waals surface area contributed by atoms with Gasteiger partial charge in [-0.1, -0.05) is 0 Å². The minimum absolute atomic E-state index is 0.0255. The molecule has 3 heterocycles. The second-order valence-electron chi connectivity index (χ2n) is 7.29. The maximum Gasteiger partial charge on any atom is 0.282 e. The Bertz CT molecular complexity index is 668. The molecule has 0 aromatic carbocycles. The van der Waals surface area contributed by atoms with E-state index in [9.17, 15) is 9.59 Å². The molecule has 1 atom stereocenters. The number of hydrogen-bond acceptors (Lipinski definition) is 5. The molecule has 0 radical (unpaired) electrons. The number of likely N-dealkylation sites (N-methyl/N-ethyl adjacent to an activating group) is 1. The van der Waals surface area contributed by atoms with E-state index in [1.807, 2.05) is 9.80 Å². The van der Waals surface area contributed by atoms with Crippen molar-refractivity contribution in [3.05, 3.63) is 9.88 Å². The standard InChI is InChI=1S/C17H24N4O2S/c1-19(2)12-7-9-20(10-12)17(23)15-18-14-13(24-15)4-3-8-21(14)16(22)11-5-6-11/h11-12H,3-10H2,1-2H3. The number of carbonyl (C=O) groups is 2. The Balaban J connectivity index is 1.53. The lowest BCUT2D eigenvalue weighted by atomic mass is 10.1. The lowest BCUT2D eigenvalue weighted by Gasteiger charge is -2.25. The quantitative estimate of drug-likeness (QED) is 0.833. The van der Waals surface area contributed by atoms with Crippen LogP contribution >= 0.6 is 11.3 Å². The highest BCUT2D eigenvalue weighted by Crippen LogP contribution is 2.37. The predicted octanol–water partition coefficient (Wildman–Crippen LogP) is 1.61. The van der Waals surface area contributed by atoms with Crippen molar-refractivity contribution in [2.45, 2.75) is 38.1 Å². The van der Waals surface area contributed by atoms with Gasteiger partial charge >= 0.3 is 0 Å². The average molecular weight is 348 g/mol. The van der Waals surface area contributed by atoms with Crippen molar-refractivity contribution in [2.75, 3.05) is 38.6 Å². The van der Waals surface area contributed by atoms with Crippen molar-refractivity contribution in [3.63, 3.8) is 0 Å². The first-order chi connectivity index (χ1) is 11.5. The Morgan fingerprint density at radius 2 is 2.00 bits per heavy atom. The fourth-order valence-corrected chi connectivity index (χ4v) is 4.64. The van der Waals surface area contributed by atoms with Crippen LogP contribution in [0.5, 0.6) is 0 Å². The molecule has 0 bridgehead atoms. The zero-order valence-corrected chi connectivity index (χ0v) is 15.1. The van der Waals surface area contributed by atoms with Crippen LogP contribution in [0.25, 0.3) is 0 Å². The number of fused-ring (bicyclic) bond motifs is 1. The fraction of sp³-hybridized carbons (Fsp3) is 0.706. The second-order valence-corrected chi connectivity index (χ2v) is 8.37. The molecule has 130 valence electrons. The van der Waals surface area contributed by atoms with Crippen LogP contribution in [0.1, 0.15) is 40.4 Å². The van der Waals surface area contributed by atoms with Crippen molar-refractivity contribution in [3.8, 4) is 0 Å². The van der Waals surface area contributed by atoms with Gasteiger partial charge in [0.2, 0.25) is 5.91 Å². The first-order valence-corrected chi connectivity index (χ1v) is 9.63. The third kappa shape index (κ3) is 2.84. The van der Waals surface area contributed by atoms with Crippen LogP contribution in [0.15, 0.2) is 0 Å². The highest BCUT2D eigenvalue weighted by atomic mass is 32.1. The molecule has 3 aliphatic rings. The monoisotopic (exact) mass is 348 g/mol. The van der Waals surface area contributed by atoms with Gasteiger partial charge in [-0.3, -0.25) is 14.5 Å². The Morgan fingerprint density at radius 1 is 1.21 bits per heavy atom. The largest absolute Gasteiger partial charge is 0.335 e. The van der Waals surface area contributed by atoms with Gasteiger partial charge in [0.05, 0.1) is 0 Å². The molecular weight excluding hydrogens is 324 g/mol. The summed E-state index contributed by atoms with van der Waals surface area (Å²) < 4.78 is 0. The van der Waals surface area contributed by atoms with Gasteiger partial charge in [0.15, 0.2) is 5.01 Å². The molecule has 0 N–H and O–H groups in total. The third-order valence-corrected chi connectivity index (χ3v) is 6.37. The van der Waals surface area contributed by atoms with Crippen molar-refractivity contribution < 1.29 is 9.59 Å². The maximum atomic E-state index is 12.8. The molecule has 7 heteroatoms. The van der Waals surface area contributed by atoms with Crippen LogP contribution in [0.3, 0.4) is 0 Å². The number of aromatic nitrogens is 1. The molecule has 2 fully saturated rings. The summed E-state index contributed by atoms with van der Waals surface area (Å²) in [5, 5.41) is 0.551. The maximum absolute atomic E-state index is 12.8. The lowest BCUT2D eigenvalue weighted by molar-refractivity contribution is -0.119. The van der Waals surface area contributed by atoms with Gasteiger partial charge in [-0.2, -0.15) is 0 Å². The zero-order valence-electron chi connectivity index (χ0n) is 14.3. The Hall–Kier alpha value is -1.47. The van der Waals surface area contributed by atoms with Crippen LogP contribution < -0.4 is 4.90 Å². The highest BCUT2D eigenvalue weighted by Gasteiger charge is 2.38. The van der Waals surface area contributed by atoms with Gasteiger partial charge in [-0.05, 0) is 46.2 Å². The van der Waals surface area contributed by atoms with Crippen LogP contribution in [-0.4, -0.2) is 66.4 Å². The van der Waals surface area contributed by atoms with E-state index in [-0.39, 0.29) is 17.7 Å². The number of likely N-dealkylation sites (tertiary alicyclic amines) is 1. The molecular formula is C17H24N4O2S. The summed E-state index contributed by atoms with van der Waals surface area (Å²) in [6.45, 7) is 2.30. The van der Waals surface area contributed by atoms with Gasteiger partial charge < -0.3 is 9.80 Å². The summed E-state index contributed by atoms with van der Waals surface area (Å²) in [6, 6.07) is 0.427. The minimum atomic E-state index is 0.0255. The van der Waals surface area contributed by atoms with E-state index in [1.165, 1.54) is 11.3 Å². The van der Waals surface area contributed by atoms with E-state index in [4.69, 9.17) is 0 Å². The molecule has 1 saturated heterocycles. The predicted molar refractivity (Wildman–Crippen MR) is 93.5 cm³/mol. The summed E-state index contributed by atoms with van der Waals surface area (Å²) in [5.41, 5.74) is 0. The number of carbonyl (C=O) groups excluding carboxylic acids is 2. The van der Waals surface area contributed by atoms with Gasteiger partial charge in [-0.15, -0.1) is 11.3 Å². The SMILES string of the molecule is CN(C)C1CCN(C(=O)c2nc3c(s2)CCCN3C(=O)C2CC2)C1. The van der Waals surface area contributed by atoms with Crippen LogP contribution in [0.4, 0.5) is 5.82 Å². The number of anilines is 1. The van der Waals surface area contributed by atoms with E-state index in [0.29, 0.717) is 11.0 Å². The molecule has 1 aliphatic carbocycles. The van der Waals surface area contributed by atoms with E-state index in [2.05, 4.69) is 24.0 Å². The first-order valence-electron chi connectivity index (χ1n) is 8.81. The molecule has 2 amide bonds. The molecule has 1 aromatic rings. The van der Waals surface area contributed by atoms with Crippen LogP contribution in [0.2, 0.25) is 0 Å². The third-order valence-electron chi connectivity index (χ3n) is 5.27. The van der Waals surface area contributed by atoms with Gasteiger partial charge in [0.1, 0.15) is 5.82 Å². The number of hydrogen-bond donors (Lipinski definition) is 0. The Kier molecular flexibility index (Phi) is 4.08. The number of amides is 2. The van der Waals surface area contributed by atoms with E-state index < -0.39 is 0 Å². The summed E-state index contributed by atoms with van der Waals surface area (Å²) >= 11 is 1.48. The van der Waals surface area contributed by atoms with Crippen molar-refractivity contribution >= 4 is 29.0 Å². The lowest BCUT2D eigenvalue weighted by Crippen LogP contribution is -2.36. The van der Waals surface area contributed by atoms with E-state index in [0.717, 1.165) is 62.4 Å². The van der Waals surface area contributed by atoms with E-state index >= 15 is 0 Å². The first kappa shape index (κ1) is 16.0. The van der Waals surface area contributed by atoms with Crippen molar-refractivity contribution in [2.24, 2.45) is 5.92 Å². The normalized spacial score (nSPS) is 23.7. The molecule has 4 rings (SSSR count). The van der Waals surface area contributed by atoms with E-state index in [1.54, 1.807) is 0 Å². The average Bonchev–Trinajstić information content (AvgIpc) is 3.13. The number of aryl methyl sites for hydroxylation is 1. The summed E-state index contributed by atoms with van der Waals surface area (Å²) in [7, 11) is 4.12. The minimum Gasteiger partial charge on any atom is -0.335 e. The molecule has 1 aromatic heterocycles. The molecule has 1 unspecified atom stereocenters. The molecule has 2 aliphatic heterocycles. The molecule has 1 saturated carbocycles. The molecule has 6 nitrogen and oxygen atoms in total. The Morgan fingerprint density at radius 3 is 2.67 bits per heavy atom. The molecule has 24 heavy (non-hydrogen) atoms. The second kappa shape index (κ2) is 6.11. The summed E-state index contributed by atoms with van der Waals surface area (Å²) in [5.74, 6) is 1.18. The van der Waals surface area contributed by atoms with Gasteiger partial charge in [0.25, 0.3) is 5.91 Å². The fourth-order valence-electron chi connectivity index (χ4n) is 3.56. The summed E-state index contributed by atoms with van der Waals surface area (Å²) in [6.07, 6.45) is 4.90. The van der Waals surface area contributed by atoms with Crippen molar-refractivity contribution in [1.82, 2.24) is 14.8 Å². The van der Waals surface area contributed by atoms with Gasteiger partial charge in [0, 0.05) is 36.5 Å². The number of nitrogens with zero attached hydrogens (tertiary/aromatic N) is 4.